The number of fused-ring (bicyclic) bond motifs is 1. The van der Waals surface area contributed by atoms with Gasteiger partial charge in [0.05, 0.1) is 18.4 Å². The maximum absolute atomic E-state index is 5.74. The van der Waals surface area contributed by atoms with Gasteiger partial charge in [-0.2, -0.15) is 5.10 Å². The molecule has 1 fully saturated rings. The minimum atomic E-state index is 0.328. The van der Waals surface area contributed by atoms with Gasteiger partial charge in [0.2, 0.25) is 0 Å². The summed E-state index contributed by atoms with van der Waals surface area (Å²) in [6, 6.07) is 8.35. The molecule has 21 heavy (non-hydrogen) atoms. The first-order chi connectivity index (χ1) is 10.3. The highest BCUT2D eigenvalue weighted by Gasteiger charge is 2.22. The Bertz CT molecular complexity index is 608. The van der Waals surface area contributed by atoms with E-state index in [1.165, 1.54) is 10.8 Å². The second kappa shape index (κ2) is 6.37. The lowest BCUT2D eigenvalue weighted by Gasteiger charge is -2.33. The third-order valence-electron chi connectivity index (χ3n) is 4.07. The van der Waals surface area contributed by atoms with Gasteiger partial charge in [0.1, 0.15) is 0 Å². The van der Waals surface area contributed by atoms with Crippen LogP contribution >= 0.6 is 0 Å². The molecule has 0 radical (unpaired) electrons. The summed E-state index contributed by atoms with van der Waals surface area (Å²) in [4.78, 5) is 2.32. The zero-order valence-electron chi connectivity index (χ0n) is 12.5. The summed E-state index contributed by atoms with van der Waals surface area (Å²) < 4.78 is 5.74. The van der Waals surface area contributed by atoms with E-state index in [0.717, 1.165) is 37.4 Å². The van der Waals surface area contributed by atoms with Crippen LogP contribution in [0.2, 0.25) is 0 Å². The summed E-state index contributed by atoms with van der Waals surface area (Å²) in [5.74, 6) is 0.994. The zero-order chi connectivity index (χ0) is 14.7. The molecule has 3 rings (SSSR count). The quantitative estimate of drug-likeness (QED) is 0.929. The van der Waals surface area contributed by atoms with Crippen molar-refractivity contribution in [2.24, 2.45) is 5.73 Å². The average molecular weight is 286 g/mol. The van der Waals surface area contributed by atoms with Gasteiger partial charge in [-0.3, -0.25) is 0 Å². The third kappa shape index (κ3) is 2.99. The van der Waals surface area contributed by atoms with Crippen LogP contribution in [0.3, 0.4) is 0 Å². The lowest BCUT2D eigenvalue weighted by atomic mass is 10.1. The molecule has 1 aromatic heterocycles. The Labute approximate surface area is 125 Å². The van der Waals surface area contributed by atoms with Gasteiger partial charge in [-0.25, -0.2) is 0 Å². The van der Waals surface area contributed by atoms with Gasteiger partial charge >= 0.3 is 0 Å². The number of aryl methyl sites for hydroxylation is 1. The average Bonchev–Trinajstić information content (AvgIpc) is 2.54. The summed E-state index contributed by atoms with van der Waals surface area (Å²) in [5, 5.41) is 11.1. The van der Waals surface area contributed by atoms with Crippen molar-refractivity contribution in [3.8, 4) is 0 Å². The molecular weight excluding hydrogens is 264 g/mol. The van der Waals surface area contributed by atoms with E-state index in [0.29, 0.717) is 19.3 Å². The molecule has 0 atom stereocenters. The van der Waals surface area contributed by atoms with Crippen LogP contribution in [0.5, 0.6) is 0 Å². The highest BCUT2D eigenvalue weighted by atomic mass is 16.5. The molecule has 0 spiro atoms. The van der Waals surface area contributed by atoms with E-state index in [4.69, 9.17) is 10.5 Å². The van der Waals surface area contributed by atoms with Crippen molar-refractivity contribution < 1.29 is 4.74 Å². The molecule has 0 saturated carbocycles. The van der Waals surface area contributed by atoms with E-state index in [1.54, 1.807) is 0 Å². The number of benzene rings is 1. The summed E-state index contributed by atoms with van der Waals surface area (Å²) in [6.45, 7) is 5.16. The Morgan fingerprint density at radius 3 is 2.62 bits per heavy atom. The van der Waals surface area contributed by atoms with E-state index < -0.39 is 0 Å². The largest absolute Gasteiger partial charge is 0.377 e. The minimum absolute atomic E-state index is 0.328. The lowest BCUT2D eigenvalue weighted by molar-refractivity contribution is 0.0421. The Morgan fingerprint density at radius 2 is 1.90 bits per heavy atom. The molecule has 1 saturated heterocycles. The van der Waals surface area contributed by atoms with Crippen LogP contribution in [0.4, 0.5) is 5.82 Å². The number of hydrogen-bond donors (Lipinski definition) is 1. The predicted molar refractivity (Wildman–Crippen MR) is 84.5 cm³/mol. The zero-order valence-corrected chi connectivity index (χ0v) is 12.5. The van der Waals surface area contributed by atoms with Crippen molar-refractivity contribution in [1.29, 1.82) is 0 Å². The van der Waals surface area contributed by atoms with Crippen LogP contribution in [0.25, 0.3) is 10.8 Å². The Morgan fingerprint density at radius 1 is 1.19 bits per heavy atom. The lowest BCUT2D eigenvalue weighted by Crippen LogP contribution is -2.38. The van der Waals surface area contributed by atoms with Crippen LogP contribution < -0.4 is 10.6 Å². The van der Waals surface area contributed by atoms with Crippen molar-refractivity contribution in [2.45, 2.75) is 25.9 Å². The fourth-order valence-corrected chi connectivity index (χ4v) is 2.93. The highest BCUT2D eigenvalue weighted by molar-refractivity contribution is 5.93. The van der Waals surface area contributed by atoms with Gasteiger partial charge in [0.25, 0.3) is 0 Å². The van der Waals surface area contributed by atoms with Gasteiger partial charge in [-0.15, -0.1) is 5.10 Å². The highest BCUT2D eigenvalue weighted by Crippen LogP contribution is 2.28. The van der Waals surface area contributed by atoms with Crippen LogP contribution in [0.1, 0.15) is 18.5 Å². The first-order valence-electron chi connectivity index (χ1n) is 7.58. The first kappa shape index (κ1) is 14.2. The standard InChI is InChI=1S/C16H22N4O/c1-12-14-4-2-3-5-15(14)16(19-18-12)20-9-6-13(7-10-20)21-11-8-17/h2-5,13H,6-11,17H2,1H3. The van der Waals surface area contributed by atoms with Gasteiger partial charge in [-0.05, 0) is 19.8 Å². The number of nitrogens with zero attached hydrogens (tertiary/aromatic N) is 3. The van der Waals surface area contributed by atoms with E-state index in [2.05, 4.69) is 33.3 Å². The number of anilines is 1. The molecule has 2 heterocycles. The monoisotopic (exact) mass is 286 g/mol. The smallest absolute Gasteiger partial charge is 0.159 e. The van der Waals surface area contributed by atoms with Gasteiger partial charge < -0.3 is 15.4 Å². The number of piperidine rings is 1. The third-order valence-corrected chi connectivity index (χ3v) is 4.07. The molecule has 2 aromatic rings. The van der Waals surface area contributed by atoms with E-state index in [-0.39, 0.29) is 0 Å². The SMILES string of the molecule is Cc1nnc(N2CCC(OCCN)CC2)c2ccccc12. The van der Waals surface area contributed by atoms with Crippen LogP contribution in [-0.4, -0.2) is 42.5 Å². The summed E-state index contributed by atoms with van der Waals surface area (Å²) in [5.41, 5.74) is 6.47. The van der Waals surface area contributed by atoms with Crippen LogP contribution in [-0.2, 0) is 4.74 Å². The van der Waals surface area contributed by atoms with Gasteiger partial charge in [-0.1, -0.05) is 24.3 Å². The molecule has 0 unspecified atom stereocenters. The van der Waals surface area contributed by atoms with Crippen molar-refractivity contribution in [3.63, 3.8) is 0 Å². The minimum Gasteiger partial charge on any atom is -0.377 e. The van der Waals surface area contributed by atoms with Crippen LogP contribution in [0, 0.1) is 6.92 Å². The fraction of sp³-hybridized carbons (Fsp3) is 0.500. The van der Waals surface area contributed by atoms with E-state index in [9.17, 15) is 0 Å². The molecule has 1 aliphatic rings. The molecular formula is C16H22N4O. The number of nitrogens with two attached hydrogens (primary N) is 1. The first-order valence-corrected chi connectivity index (χ1v) is 7.58. The Kier molecular flexibility index (Phi) is 4.31. The molecule has 0 bridgehead atoms. The van der Waals surface area contributed by atoms with Crippen molar-refractivity contribution >= 4 is 16.6 Å². The van der Waals surface area contributed by atoms with Gasteiger partial charge in [0, 0.05) is 30.4 Å². The normalized spacial score (nSPS) is 16.6. The van der Waals surface area contributed by atoms with Crippen molar-refractivity contribution in [1.82, 2.24) is 10.2 Å². The predicted octanol–water partition coefficient (Wildman–Crippen LogP) is 1.88. The molecule has 0 aliphatic carbocycles. The molecule has 112 valence electrons. The molecule has 0 amide bonds. The molecule has 5 heteroatoms. The molecule has 1 aliphatic heterocycles. The second-order valence-corrected chi connectivity index (χ2v) is 5.50. The summed E-state index contributed by atoms with van der Waals surface area (Å²) in [6.07, 6.45) is 2.36. The summed E-state index contributed by atoms with van der Waals surface area (Å²) >= 11 is 0. The molecule has 5 nitrogen and oxygen atoms in total. The maximum atomic E-state index is 5.74. The fourth-order valence-electron chi connectivity index (χ4n) is 2.93. The number of rotatable bonds is 4. The summed E-state index contributed by atoms with van der Waals surface area (Å²) in [7, 11) is 0. The number of aromatic nitrogens is 2. The van der Waals surface area contributed by atoms with E-state index in [1.807, 2.05) is 13.0 Å². The molecule has 2 N–H and O–H groups in total. The molecule has 1 aromatic carbocycles. The Hall–Kier alpha value is -1.72. The van der Waals surface area contributed by atoms with Crippen molar-refractivity contribution in [2.75, 3.05) is 31.1 Å². The second-order valence-electron chi connectivity index (χ2n) is 5.50. The topological polar surface area (TPSA) is 64.3 Å². The number of hydrogen-bond acceptors (Lipinski definition) is 5. The van der Waals surface area contributed by atoms with E-state index >= 15 is 0 Å². The van der Waals surface area contributed by atoms with Crippen molar-refractivity contribution in [3.05, 3.63) is 30.0 Å². The Balaban J connectivity index is 1.78. The number of ether oxygens (including phenoxy) is 1. The van der Waals surface area contributed by atoms with Gasteiger partial charge in [0.15, 0.2) is 5.82 Å². The maximum Gasteiger partial charge on any atom is 0.159 e. The van der Waals surface area contributed by atoms with Crippen LogP contribution in [0.15, 0.2) is 24.3 Å².